The van der Waals surface area contributed by atoms with Gasteiger partial charge in [-0.2, -0.15) is 0 Å². The summed E-state index contributed by atoms with van der Waals surface area (Å²) in [5, 5.41) is 0. The average Bonchev–Trinajstić information content (AvgIpc) is 2.85. The summed E-state index contributed by atoms with van der Waals surface area (Å²) in [6.45, 7) is 5.90. The molecular weight excluding hydrogens is 455 g/mol. The van der Waals surface area contributed by atoms with Gasteiger partial charge < -0.3 is 18.9 Å². The summed E-state index contributed by atoms with van der Waals surface area (Å²) >= 11 is 0. The van der Waals surface area contributed by atoms with Gasteiger partial charge in [0.15, 0.2) is 20.0 Å². The normalized spacial score (nSPS) is 12.4. The minimum absolute atomic E-state index is 0.0163. The fourth-order valence-corrected chi connectivity index (χ4v) is 4.65. The summed E-state index contributed by atoms with van der Waals surface area (Å²) < 4.78 is 33.1. The van der Waals surface area contributed by atoms with Gasteiger partial charge in [0, 0.05) is 6.16 Å². The van der Waals surface area contributed by atoms with E-state index < -0.39 is 22.9 Å². The fourth-order valence-electron chi connectivity index (χ4n) is 3.93. The summed E-state index contributed by atoms with van der Waals surface area (Å²) in [6, 6.07) is 10.1. The molecule has 2 rings (SSSR count). The molecule has 0 bridgehead atoms. The van der Waals surface area contributed by atoms with E-state index in [1.807, 2.05) is 20.8 Å². The number of hydrogen-bond donors (Lipinski definition) is 0. The van der Waals surface area contributed by atoms with Crippen LogP contribution in [0.15, 0.2) is 36.4 Å². The van der Waals surface area contributed by atoms with Gasteiger partial charge in [-0.15, -0.1) is 0 Å². The number of ketones is 2. The standard InChI is InChI=1S/C26H33O7P/c1-16(15-34-29)26(2,3)14-17(24(27)22-18(30-4)10-8-11-19(22)31-5)25(28)23-20(32-6)12-9-13-21(23)33-7/h8-13,16-17H,14-15H2,1-7H3. The third kappa shape index (κ3) is 5.76. The second-order valence-corrected chi connectivity index (χ2v) is 9.38. The summed E-state index contributed by atoms with van der Waals surface area (Å²) in [5.41, 5.74) is -0.0898. The van der Waals surface area contributed by atoms with Gasteiger partial charge in [0.25, 0.3) is 0 Å². The Labute approximate surface area is 202 Å². The van der Waals surface area contributed by atoms with Crippen LogP contribution in [0.3, 0.4) is 0 Å². The van der Waals surface area contributed by atoms with Crippen LogP contribution in [0.4, 0.5) is 0 Å². The number of hydrogen-bond acceptors (Lipinski definition) is 7. The monoisotopic (exact) mass is 488 g/mol. The predicted octanol–water partition coefficient (Wildman–Crippen LogP) is 5.75. The van der Waals surface area contributed by atoms with Gasteiger partial charge >= 0.3 is 0 Å². The first-order valence-corrected chi connectivity index (χ1v) is 12.0. The fraction of sp³-hybridized carbons (Fsp3) is 0.462. The average molecular weight is 489 g/mol. The summed E-state index contributed by atoms with van der Waals surface area (Å²) in [7, 11) is 5.87. The van der Waals surface area contributed by atoms with Crippen LogP contribution in [0.5, 0.6) is 23.0 Å². The maximum Gasteiger partial charge on any atom is 0.181 e. The Balaban J connectivity index is 2.71. The Morgan fingerprint density at radius 3 is 1.44 bits per heavy atom. The number of carbonyl (C=O) groups excluding carboxylic acids is 2. The molecule has 0 radical (unpaired) electrons. The Kier molecular flexibility index (Phi) is 9.63. The van der Waals surface area contributed by atoms with Crippen LogP contribution in [0.1, 0.15) is 47.9 Å². The predicted molar refractivity (Wildman–Crippen MR) is 131 cm³/mol. The van der Waals surface area contributed by atoms with E-state index >= 15 is 0 Å². The van der Waals surface area contributed by atoms with Gasteiger partial charge in [0.2, 0.25) is 0 Å². The number of Topliss-reactive ketones (excluding diaryl/α,β-unsaturated/α-hetero) is 2. The first-order chi connectivity index (χ1) is 16.2. The minimum Gasteiger partial charge on any atom is -0.496 e. The van der Waals surface area contributed by atoms with E-state index in [1.165, 1.54) is 28.4 Å². The van der Waals surface area contributed by atoms with Crippen molar-refractivity contribution < 1.29 is 33.1 Å². The second kappa shape index (κ2) is 12.0. The molecule has 7 nitrogen and oxygen atoms in total. The quantitative estimate of drug-likeness (QED) is 0.202. The zero-order chi connectivity index (χ0) is 25.5. The molecule has 0 saturated heterocycles. The lowest BCUT2D eigenvalue weighted by molar-refractivity contribution is 0.0725. The number of benzene rings is 2. The van der Waals surface area contributed by atoms with Crippen LogP contribution >= 0.6 is 8.46 Å². The maximum atomic E-state index is 14.1. The molecule has 1 atom stereocenters. The lowest BCUT2D eigenvalue weighted by Crippen LogP contribution is -2.34. The molecule has 34 heavy (non-hydrogen) atoms. The number of carbonyl (C=O) groups is 2. The van der Waals surface area contributed by atoms with E-state index in [4.69, 9.17) is 18.9 Å². The molecule has 184 valence electrons. The number of rotatable bonds is 13. The third-order valence-electron chi connectivity index (χ3n) is 6.39. The SMILES string of the molecule is COc1cccc(OC)c1C(=O)C(CC(C)(C)C(C)CP=O)C(=O)c1c(OC)cccc1OC. The van der Waals surface area contributed by atoms with Gasteiger partial charge in [-0.3, -0.25) is 14.2 Å². The van der Waals surface area contributed by atoms with E-state index in [0.29, 0.717) is 29.2 Å². The summed E-state index contributed by atoms with van der Waals surface area (Å²) in [6.07, 6.45) is 0.627. The van der Waals surface area contributed by atoms with E-state index in [-0.39, 0.29) is 31.9 Å². The Bertz CT molecular complexity index is 920. The van der Waals surface area contributed by atoms with Crippen molar-refractivity contribution in [2.24, 2.45) is 17.3 Å². The topological polar surface area (TPSA) is 88.1 Å². The van der Waals surface area contributed by atoms with Crippen molar-refractivity contribution in [1.29, 1.82) is 0 Å². The maximum absolute atomic E-state index is 14.1. The summed E-state index contributed by atoms with van der Waals surface area (Å²) in [5.74, 6) is -0.684. The smallest absolute Gasteiger partial charge is 0.181 e. The molecule has 0 N–H and O–H groups in total. The van der Waals surface area contributed by atoms with Gasteiger partial charge in [-0.25, -0.2) is 0 Å². The minimum atomic E-state index is -1.09. The van der Waals surface area contributed by atoms with E-state index in [1.54, 1.807) is 36.4 Å². The molecule has 2 aromatic rings. The van der Waals surface area contributed by atoms with E-state index in [0.717, 1.165) is 0 Å². The van der Waals surface area contributed by atoms with Crippen molar-refractivity contribution >= 4 is 20.0 Å². The molecule has 0 aliphatic heterocycles. The van der Waals surface area contributed by atoms with Gasteiger partial charge in [-0.1, -0.05) is 32.9 Å². The number of methoxy groups -OCH3 is 4. The lowest BCUT2D eigenvalue weighted by atomic mass is 9.71. The molecule has 0 heterocycles. The van der Waals surface area contributed by atoms with Crippen LogP contribution in [0.2, 0.25) is 0 Å². The molecule has 0 amide bonds. The molecule has 0 aliphatic carbocycles. The van der Waals surface area contributed by atoms with Crippen LogP contribution in [-0.2, 0) is 4.57 Å². The van der Waals surface area contributed by atoms with Gasteiger partial charge in [-0.05, 0) is 42.0 Å². The van der Waals surface area contributed by atoms with E-state index in [9.17, 15) is 14.2 Å². The van der Waals surface area contributed by atoms with Gasteiger partial charge in [0.1, 0.15) is 34.1 Å². The zero-order valence-electron chi connectivity index (χ0n) is 20.8. The molecule has 8 heteroatoms. The van der Waals surface area contributed by atoms with Crippen molar-refractivity contribution in [2.45, 2.75) is 27.2 Å². The van der Waals surface area contributed by atoms with Crippen LogP contribution in [0, 0.1) is 17.3 Å². The first-order valence-electron chi connectivity index (χ1n) is 11.0. The van der Waals surface area contributed by atoms with Crippen molar-refractivity contribution in [1.82, 2.24) is 0 Å². The Morgan fingerprint density at radius 1 is 0.794 bits per heavy atom. The second-order valence-electron chi connectivity index (χ2n) is 8.76. The van der Waals surface area contributed by atoms with Crippen molar-refractivity contribution in [3.05, 3.63) is 47.5 Å². The molecule has 0 aromatic heterocycles. The Morgan fingerprint density at radius 2 is 1.15 bits per heavy atom. The number of ether oxygens (including phenoxy) is 4. The highest BCUT2D eigenvalue weighted by Crippen LogP contribution is 2.42. The first kappa shape index (κ1) is 27.3. The molecule has 0 spiro atoms. The Hall–Kier alpha value is -2.92. The zero-order valence-corrected chi connectivity index (χ0v) is 21.7. The third-order valence-corrected chi connectivity index (χ3v) is 7.09. The van der Waals surface area contributed by atoms with Crippen molar-refractivity contribution in [3.63, 3.8) is 0 Å². The highest BCUT2D eigenvalue weighted by molar-refractivity contribution is 7.23. The van der Waals surface area contributed by atoms with Crippen molar-refractivity contribution in [3.8, 4) is 23.0 Å². The molecular formula is C26H33O7P. The van der Waals surface area contributed by atoms with E-state index in [2.05, 4.69) is 0 Å². The molecule has 2 aromatic carbocycles. The van der Waals surface area contributed by atoms with Gasteiger partial charge in [0.05, 0.1) is 34.4 Å². The largest absolute Gasteiger partial charge is 0.496 e. The molecule has 0 saturated carbocycles. The van der Waals surface area contributed by atoms with Crippen LogP contribution in [0.25, 0.3) is 0 Å². The highest BCUT2D eigenvalue weighted by atomic mass is 31.1. The van der Waals surface area contributed by atoms with Crippen LogP contribution < -0.4 is 18.9 Å². The lowest BCUT2D eigenvalue weighted by Gasteiger charge is -2.34. The summed E-state index contributed by atoms with van der Waals surface area (Å²) in [4.78, 5) is 28.1. The molecule has 0 aliphatic rings. The van der Waals surface area contributed by atoms with Crippen LogP contribution in [-0.4, -0.2) is 46.2 Å². The molecule has 0 fully saturated rings. The molecule has 1 unspecified atom stereocenters. The highest BCUT2D eigenvalue weighted by Gasteiger charge is 2.40. The van der Waals surface area contributed by atoms with Crippen molar-refractivity contribution in [2.75, 3.05) is 34.6 Å².